The second-order valence-corrected chi connectivity index (χ2v) is 7.09. The van der Waals surface area contributed by atoms with Crippen molar-refractivity contribution in [3.63, 3.8) is 0 Å². The number of carbonyl (C=O) groups is 1. The first kappa shape index (κ1) is 18.8. The first-order valence-corrected chi connectivity index (χ1v) is 9.60. The number of fused-ring (bicyclic) bond motifs is 1. The van der Waals surface area contributed by atoms with Gasteiger partial charge >= 0.3 is 0 Å². The fourth-order valence-corrected chi connectivity index (χ4v) is 3.03. The molecule has 4 rings (SSSR count). The number of aryl methyl sites for hydroxylation is 1. The lowest BCUT2D eigenvalue weighted by Crippen LogP contribution is -2.38. The number of amides is 1. The van der Waals surface area contributed by atoms with E-state index >= 15 is 0 Å². The van der Waals surface area contributed by atoms with Crippen LogP contribution in [0.25, 0.3) is 22.6 Å². The number of thiocarbonyl (C=S) groups is 1. The van der Waals surface area contributed by atoms with Crippen molar-refractivity contribution in [2.24, 2.45) is 0 Å². The van der Waals surface area contributed by atoms with Gasteiger partial charge in [-0.25, -0.2) is 4.98 Å². The lowest BCUT2D eigenvalue weighted by molar-refractivity contribution is 0.0976. The Bertz CT molecular complexity index is 1130. The van der Waals surface area contributed by atoms with Crippen LogP contribution in [-0.2, 0) is 6.54 Å². The second-order valence-electron chi connectivity index (χ2n) is 6.69. The Hall–Kier alpha value is -3.51. The molecular formula is C23H19N3O2S. The summed E-state index contributed by atoms with van der Waals surface area (Å²) in [5.41, 5.74) is 5.20. The number of oxazole rings is 1. The Morgan fingerprint density at radius 3 is 2.45 bits per heavy atom. The monoisotopic (exact) mass is 401 g/mol. The van der Waals surface area contributed by atoms with Gasteiger partial charge in [0.2, 0.25) is 5.89 Å². The van der Waals surface area contributed by atoms with Crippen LogP contribution in [0.2, 0.25) is 0 Å². The minimum absolute atomic E-state index is 0.228. The van der Waals surface area contributed by atoms with Crippen LogP contribution < -0.4 is 10.6 Å². The molecule has 0 fully saturated rings. The molecule has 6 heteroatoms. The highest BCUT2D eigenvalue weighted by Crippen LogP contribution is 2.24. The van der Waals surface area contributed by atoms with Crippen molar-refractivity contribution >= 4 is 34.3 Å². The van der Waals surface area contributed by atoms with Gasteiger partial charge in [0, 0.05) is 17.7 Å². The summed E-state index contributed by atoms with van der Waals surface area (Å²) >= 11 is 5.23. The Kier molecular flexibility index (Phi) is 5.35. The van der Waals surface area contributed by atoms with Gasteiger partial charge in [-0.15, -0.1) is 0 Å². The van der Waals surface area contributed by atoms with Crippen molar-refractivity contribution in [2.45, 2.75) is 13.5 Å². The van der Waals surface area contributed by atoms with Gasteiger partial charge in [-0.1, -0.05) is 42.0 Å². The summed E-state index contributed by atoms with van der Waals surface area (Å²) < 4.78 is 5.79. The Morgan fingerprint density at radius 2 is 1.72 bits per heavy atom. The lowest BCUT2D eigenvalue weighted by Gasteiger charge is -2.10. The third-order valence-electron chi connectivity index (χ3n) is 4.49. The summed E-state index contributed by atoms with van der Waals surface area (Å²) in [6.07, 6.45) is 0. The average molecular weight is 401 g/mol. The molecule has 4 aromatic rings. The third kappa shape index (κ3) is 4.50. The van der Waals surface area contributed by atoms with Crippen LogP contribution in [0, 0.1) is 6.92 Å². The largest absolute Gasteiger partial charge is 0.436 e. The highest BCUT2D eigenvalue weighted by atomic mass is 32.1. The topological polar surface area (TPSA) is 67.2 Å². The predicted octanol–water partition coefficient (Wildman–Crippen LogP) is 4.61. The number of rotatable bonds is 4. The minimum Gasteiger partial charge on any atom is -0.436 e. The molecule has 0 aliphatic heterocycles. The molecule has 0 bridgehead atoms. The summed E-state index contributed by atoms with van der Waals surface area (Å²) in [5.74, 6) is 0.361. The number of aromatic nitrogens is 1. The van der Waals surface area contributed by atoms with Crippen LogP contribution >= 0.6 is 12.2 Å². The molecule has 144 valence electrons. The molecule has 1 heterocycles. The van der Waals surface area contributed by atoms with E-state index in [0.29, 0.717) is 23.1 Å². The van der Waals surface area contributed by atoms with Crippen molar-refractivity contribution < 1.29 is 9.21 Å². The second kappa shape index (κ2) is 8.24. The molecule has 2 N–H and O–H groups in total. The highest BCUT2D eigenvalue weighted by Gasteiger charge is 2.09. The maximum absolute atomic E-state index is 12.2. The summed E-state index contributed by atoms with van der Waals surface area (Å²) in [5, 5.41) is 6.04. The van der Waals surface area contributed by atoms with E-state index in [1.54, 1.807) is 12.1 Å². The minimum atomic E-state index is -0.228. The standard InChI is InChI=1S/C23H19N3O2S/c1-15-6-10-17(11-7-15)21(27)26-23(29)24-14-16-8-12-18(13-9-16)22-25-19-4-2-3-5-20(19)28-22/h2-13H,14H2,1H3,(H2,24,26,27,29). The quantitative estimate of drug-likeness (QED) is 0.489. The van der Waals surface area contributed by atoms with Gasteiger partial charge in [-0.05, 0) is 61.1 Å². The average Bonchev–Trinajstić information content (AvgIpc) is 3.17. The van der Waals surface area contributed by atoms with Crippen molar-refractivity contribution in [1.29, 1.82) is 0 Å². The van der Waals surface area contributed by atoms with Crippen LogP contribution in [0.5, 0.6) is 0 Å². The van der Waals surface area contributed by atoms with Gasteiger partial charge in [0.1, 0.15) is 5.52 Å². The van der Waals surface area contributed by atoms with Gasteiger partial charge in [-0.2, -0.15) is 0 Å². The van der Waals surface area contributed by atoms with Crippen molar-refractivity contribution in [1.82, 2.24) is 15.6 Å². The molecule has 0 aliphatic rings. The molecule has 0 saturated carbocycles. The van der Waals surface area contributed by atoms with Gasteiger partial charge in [-0.3, -0.25) is 10.1 Å². The number of benzene rings is 3. The number of nitrogens with one attached hydrogen (secondary N) is 2. The zero-order valence-corrected chi connectivity index (χ0v) is 16.6. The first-order chi connectivity index (χ1) is 14.1. The summed E-state index contributed by atoms with van der Waals surface area (Å²) in [7, 11) is 0. The molecule has 1 aromatic heterocycles. The van der Waals surface area contributed by atoms with Crippen LogP contribution in [0.1, 0.15) is 21.5 Å². The van der Waals surface area contributed by atoms with E-state index in [0.717, 1.165) is 27.8 Å². The van der Waals surface area contributed by atoms with Crippen LogP contribution in [0.3, 0.4) is 0 Å². The zero-order valence-electron chi connectivity index (χ0n) is 15.8. The van der Waals surface area contributed by atoms with Crippen molar-refractivity contribution in [3.05, 3.63) is 89.5 Å². The van der Waals surface area contributed by atoms with Crippen LogP contribution in [-0.4, -0.2) is 16.0 Å². The number of hydrogen-bond donors (Lipinski definition) is 2. The highest BCUT2D eigenvalue weighted by molar-refractivity contribution is 7.80. The molecule has 29 heavy (non-hydrogen) atoms. The fraction of sp³-hybridized carbons (Fsp3) is 0.0870. The Balaban J connectivity index is 1.34. The number of carbonyl (C=O) groups excluding carboxylic acids is 1. The molecule has 1 amide bonds. The zero-order chi connectivity index (χ0) is 20.2. The fourth-order valence-electron chi connectivity index (χ4n) is 2.87. The molecular weight excluding hydrogens is 382 g/mol. The molecule has 5 nitrogen and oxygen atoms in total. The summed E-state index contributed by atoms with van der Waals surface area (Å²) in [4.78, 5) is 16.7. The maximum Gasteiger partial charge on any atom is 0.257 e. The Morgan fingerprint density at radius 1 is 1.00 bits per heavy atom. The molecule has 0 saturated heterocycles. The first-order valence-electron chi connectivity index (χ1n) is 9.19. The van der Waals surface area contributed by atoms with Crippen LogP contribution in [0.15, 0.2) is 77.2 Å². The third-order valence-corrected chi connectivity index (χ3v) is 4.74. The van der Waals surface area contributed by atoms with Gasteiger partial charge < -0.3 is 9.73 Å². The van der Waals surface area contributed by atoms with Crippen molar-refractivity contribution in [3.8, 4) is 11.5 Å². The Labute approximate surface area is 173 Å². The number of nitrogens with zero attached hydrogens (tertiary/aromatic N) is 1. The summed E-state index contributed by atoms with van der Waals surface area (Å²) in [6, 6.07) is 22.9. The maximum atomic E-state index is 12.2. The lowest BCUT2D eigenvalue weighted by atomic mass is 10.1. The van der Waals surface area contributed by atoms with E-state index in [9.17, 15) is 4.79 Å². The molecule has 0 unspecified atom stereocenters. The van der Waals surface area contributed by atoms with E-state index in [2.05, 4.69) is 15.6 Å². The van der Waals surface area contributed by atoms with Crippen LogP contribution in [0.4, 0.5) is 0 Å². The molecule has 3 aromatic carbocycles. The SMILES string of the molecule is Cc1ccc(C(=O)NC(=S)NCc2ccc(-c3nc4ccccc4o3)cc2)cc1. The van der Waals surface area contributed by atoms with E-state index in [1.807, 2.05) is 67.6 Å². The normalized spacial score (nSPS) is 10.7. The van der Waals surface area contributed by atoms with Crippen molar-refractivity contribution in [2.75, 3.05) is 0 Å². The number of para-hydroxylation sites is 2. The van der Waals surface area contributed by atoms with Gasteiger partial charge in [0.05, 0.1) is 0 Å². The molecule has 0 aliphatic carbocycles. The van der Waals surface area contributed by atoms with E-state index < -0.39 is 0 Å². The smallest absolute Gasteiger partial charge is 0.257 e. The van der Waals surface area contributed by atoms with Gasteiger partial charge in [0.25, 0.3) is 5.91 Å². The van der Waals surface area contributed by atoms with E-state index in [4.69, 9.17) is 16.6 Å². The molecule has 0 spiro atoms. The van der Waals surface area contributed by atoms with E-state index in [-0.39, 0.29) is 5.91 Å². The number of hydrogen-bond acceptors (Lipinski definition) is 4. The van der Waals surface area contributed by atoms with E-state index in [1.165, 1.54) is 0 Å². The van der Waals surface area contributed by atoms with Gasteiger partial charge in [0.15, 0.2) is 10.7 Å². The predicted molar refractivity (Wildman–Crippen MR) is 118 cm³/mol. The summed E-state index contributed by atoms with van der Waals surface area (Å²) in [6.45, 7) is 2.48. The molecule has 0 atom stereocenters. The molecule has 0 radical (unpaired) electrons.